The van der Waals surface area contributed by atoms with Gasteiger partial charge in [-0.25, -0.2) is 4.68 Å². The number of aryl methyl sites for hydroxylation is 1. The van der Waals surface area contributed by atoms with Crippen LogP contribution in [0.15, 0.2) is 34.9 Å². The zero-order valence-electron chi connectivity index (χ0n) is 7.90. The van der Waals surface area contributed by atoms with Crippen molar-refractivity contribution in [2.45, 2.75) is 6.42 Å². The minimum absolute atomic E-state index is 0.893. The third-order valence-electron chi connectivity index (χ3n) is 1.99. The smallest absolute Gasteiger partial charge is 0.0840 e. The Kier molecular flexibility index (Phi) is 3.53. The monoisotopic (exact) mass is 329 g/mol. The molecule has 0 radical (unpaired) electrons. The Hall–Kier alpha value is -0.680. The van der Waals surface area contributed by atoms with Crippen molar-refractivity contribution in [2.24, 2.45) is 0 Å². The predicted molar refractivity (Wildman–Crippen MR) is 66.6 cm³/mol. The summed E-state index contributed by atoms with van der Waals surface area (Å²) >= 11 is 6.86. The first-order valence-corrected chi connectivity index (χ1v) is 6.45. The average molecular weight is 331 g/mol. The Balaban J connectivity index is 2.33. The molecule has 2 aromatic rings. The summed E-state index contributed by atoms with van der Waals surface area (Å²) in [5.74, 6) is 0. The molecule has 15 heavy (non-hydrogen) atoms. The van der Waals surface area contributed by atoms with Gasteiger partial charge in [0.25, 0.3) is 0 Å². The van der Waals surface area contributed by atoms with Crippen LogP contribution in [0, 0.1) is 0 Å². The first-order valence-electron chi connectivity index (χ1n) is 4.53. The van der Waals surface area contributed by atoms with E-state index in [4.69, 9.17) is 0 Å². The van der Waals surface area contributed by atoms with E-state index in [2.05, 4.69) is 42.2 Å². The zero-order valence-corrected chi connectivity index (χ0v) is 11.1. The molecule has 0 N–H and O–H groups in total. The lowest BCUT2D eigenvalue weighted by atomic mass is 10.3. The van der Waals surface area contributed by atoms with Crippen LogP contribution >= 0.6 is 31.9 Å². The molecule has 0 amide bonds. The van der Waals surface area contributed by atoms with Gasteiger partial charge in [0.1, 0.15) is 0 Å². The molecular formula is C10H9Br2N3. The minimum Gasteiger partial charge on any atom is -0.219 e. The maximum Gasteiger partial charge on any atom is 0.0840 e. The van der Waals surface area contributed by atoms with Gasteiger partial charge in [0.15, 0.2) is 0 Å². The summed E-state index contributed by atoms with van der Waals surface area (Å²) in [6.07, 6.45) is 2.84. The molecule has 2 rings (SSSR count). The van der Waals surface area contributed by atoms with Gasteiger partial charge >= 0.3 is 0 Å². The van der Waals surface area contributed by atoms with E-state index in [0.717, 1.165) is 27.6 Å². The van der Waals surface area contributed by atoms with E-state index in [9.17, 15) is 0 Å². The van der Waals surface area contributed by atoms with Crippen molar-refractivity contribution in [1.29, 1.82) is 0 Å². The molecular weight excluding hydrogens is 322 g/mol. The SMILES string of the molecule is BrCCc1cn(-c2ccccc2Br)nn1. The molecule has 0 unspecified atom stereocenters. The van der Waals surface area contributed by atoms with Gasteiger partial charge in [-0.1, -0.05) is 33.3 Å². The molecule has 3 nitrogen and oxygen atoms in total. The van der Waals surface area contributed by atoms with E-state index in [1.165, 1.54) is 0 Å². The lowest BCUT2D eigenvalue weighted by Crippen LogP contribution is -1.95. The molecule has 0 aliphatic rings. The van der Waals surface area contributed by atoms with Crippen LogP contribution in [0.1, 0.15) is 5.69 Å². The number of nitrogens with zero attached hydrogens (tertiary/aromatic N) is 3. The molecule has 0 spiro atoms. The fraction of sp³-hybridized carbons (Fsp3) is 0.200. The lowest BCUT2D eigenvalue weighted by molar-refractivity contribution is 0.795. The van der Waals surface area contributed by atoms with Crippen LogP contribution in [-0.2, 0) is 6.42 Å². The molecule has 0 saturated carbocycles. The van der Waals surface area contributed by atoms with Crippen molar-refractivity contribution < 1.29 is 0 Å². The molecule has 78 valence electrons. The first kappa shape index (κ1) is 10.8. The predicted octanol–water partition coefficient (Wildman–Crippen LogP) is 2.97. The van der Waals surface area contributed by atoms with Crippen molar-refractivity contribution in [1.82, 2.24) is 15.0 Å². The summed E-state index contributed by atoms with van der Waals surface area (Å²) < 4.78 is 2.79. The van der Waals surface area contributed by atoms with Gasteiger partial charge in [0.05, 0.1) is 17.6 Å². The number of hydrogen-bond donors (Lipinski definition) is 0. The van der Waals surface area contributed by atoms with E-state index < -0.39 is 0 Å². The van der Waals surface area contributed by atoms with E-state index in [1.54, 1.807) is 4.68 Å². The number of benzene rings is 1. The van der Waals surface area contributed by atoms with Crippen LogP contribution in [-0.4, -0.2) is 20.3 Å². The number of para-hydroxylation sites is 1. The fourth-order valence-corrected chi connectivity index (χ4v) is 2.14. The highest BCUT2D eigenvalue weighted by atomic mass is 79.9. The minimum atomic E-state index is 0.893. The van der Waals surface area contributed by atoms with Crippen molar-refractivity contribution in [3.05, 3.63) is 40.6 Å². The van der Waals surface area contributed by atoms with Gasteiger partial charge in [0, 0.05) is 16.2 Å². The lowest BCUT2D eigenvalue weighted by Gasteiger charge is -2.01. The van der Waals surface area contributed by atoms with Crippen LogP contribution in [0.3, 0.4) is 0 Å². The van der Waals surface area contributed by atoms with Crippen LogP contribution in [0.2, 0.25) is 0 Å². The topological polar surface area (TPSA) is 30.7 Å². The van der Waals surface area contributed by atoms with Crippen LogP contribution < -0.4 is 0 Å². The summed E-state index contributed by atoms with van der Waals surface area (Å²) in [5.41, 5.74) is 1.99. The summed E-state index contributed by atoms with van der Waals surface area (Å²) in [6, 6.07) is 7.94. The quantitative estimate of drug-likeness (QED) is 0.810. The Morgan fingerprint density at radius 1 is 1.27 bits per heavy atom. The Bertz CT molecular complexity index is 453. The molecule has 5 heteroatoms. The maximum atomic E-state index is 4.09. The second-order valence-electron chi connectivity index (χ2n) is 3.04. The summed E-state index contributed by atoms with van der Waals surface area (Å²) in [5, 5.41) is 9.07. The molecule has 1 heterocycles. The van der Waals surface area contributed by atoms with Gasteiger partial charge in [0.2, 0.25) is 0 Å². The fourth-order valence-electron chi connectivity index (χ4n) is 1.27. The highest BCUT2D eigenvalue weighted by Gasteiger charge is 2.04. The van der Waals surface area contributed by atoms with Gasteiger partial charge in [-0.05, 0) is 28.1 Å². The summed E-state index contributed by atoms with van der Waals surface area (Å²) in [6.45, 7) is 0. The first-order chi connectivity index (χ1) is 7.31. The van der Waals surface area contributed by atoms with Crippen molar-refractivity contribution in [2.75, 3.05) is 5.33 Å². The van der Waals surface area contributed by atoms with Crippen LogP contribution in [0.25, 0.3) is 5.69 Å². The Labute approximate surface area is 105 Å². The van der Waals surface area contributed by atoms with Gasteiger partial charge in [-0.15, -0.1) is 5.10 Å². The van der Waals surface area contributed by atoms with E-state index >= 15 is 0 Å². The van der Waals surface area contributed by atoms with Crippen molar-refractivity contribution in [3.8, 4) is 5.69 Å². The molecule has 0 fully saturated rings. The molecule has 1 aromatic heterocycles. The van der Waals surface area contributed by atoms with E-state index in [0.29, 0.717) is 0 Å². The van der Waals surface area contributed by atoms with Gasteiger partial charge in [-0.2, -0.15) is 0 Å². The Morgan fingerprint density at radius 3 is 2.80 bits per heavy atom. The zero-order chi connectivity index (χ0) is 10.7. The molecule has 0 aliphatic carbocycles. The number of rotatable bonds is 3. The van der Waals surface area contributed by atoms with E-state index in [-0.39, 0.29) is 0 Å². The molecule has 0 saturated heterocycles. The van der Waals surface area contributed by atoms with Crippen LogP contribution in [0.5, 0.6) is 0 Å². The number of hydrogen-bond acceptors (Lipinski definition) is 2. The van der Waals surface area contributed by atoms with Gasteiger partial charge in [-0.3, -0.25) is 0 Å². The number of aromatic nitrogens is 3. The highest BCUT2D eigenvalue weighted by Crippen LogP contribution is 2.19. The standard InChI is InChI=1S/C10H9Br2N3/c11-6-5-8-7-15(14-13-8)10-4-2-1-3-9(10)12/h1-4,7H,5-6H2. The maximum absolute atomic E-state index is 4.09. The normalized spacial score (nSPS) is 10.5. The highest BCUT2D eigenvalue weighted by molar-refractivity contribution is 9.10. The summed E-state index contributed by atoms with van der Waals surface area (Å²) in [4.78, 5) is 0. The molecule has 0 aliphatic heterocycles. The van der Waals surface area contributed by atoms with Crippen molar-refractivity contribution in [3.63, 3.8) is 0 Å². The number of halogens is 2. The second-order valence-corrected chi connectivity index (χ2v) is 4.69. The molecule has 0 bridgehead atoms. The van der Waals surface area contributed by atoms with Crippen molar-refractivity contribution >= 4 is 31.9 Å². The van der Waals surface area contributed by atoms with Crippen LogP contribution in [0.4, 0.5) is 0 Å². The summed E-state index contributed by atoms with van der Waals surface area (Å²) in [7, 11) is 0. The van der Waals surface area contributed by atoms with Gasteiger partial charge < -0.3 is 0 Å². The number of alkyl halides is 1. The molecule has 1 aromatic carbocycles. The third-order valence-corrected chi connectivity index (χ3v) is 3.06. The third kappa shape index (κ3) is 2.46. The molecule has 0 atom stereocenters. The second kappa shape index (κ2) is 4.90. The average Bonchev–Trinajstić information content (AvgIpc) is 2.68. The van der Waals surface area contributed by atoms with E-state index in [1.807, 2.05) is 30.5 Å². The largest absolute Gasteiger partial charge is 0.219 e. The Morgan fingerprint density at radius 2 is 2.07 bits per heavy atom.